The summed E-state index contributed by atoms with van der Waals surface area (Å²) < 4.78 is 95.8. The summed E-state index contributed by atoms with van der Waals surface area (Å²) in [6.07, 6.45) is 32.3. The Hall–Kier alpha value is -5.81. The highest BCUT2D eigenvalue weighted by Gasteiger charge is 2.56. The fraction of sp³-hybridized carbons (Fsp3) is 0.635. The Kier molecular flexibility index (Phi) is 39.8. The molecule has 4 aliphatic carbocycles. The molecule has 14 rings (SSSR count). The number of carbonyl (C=O) groups is 5. The summed E-state index contributed by atoms with van der Waals surface area (Å²) in [7, 11) is 0. The smallest absolute Gasteiger partial charge is 0.403 e. The third-order valence-electron chi connectivity index (χ3n) is 22.6. The lowest BCUT2D eigenvalue weighted by Crippen LogP contribution is -2.46. The van der Waals surface area contributed by atoms with Crippen molar-refractivity contribution in [3.05, 3.63) is 120 Å². The monoisotopic (exact) mass is 1660 g/mol. The first-order chi connectivity index (χ1) is 54.9. The number of nitrogens with two attached hydrogens (primary N) is 1. The van der Waals surface area contributed by atoms with Crippen LogP contribution in [0.5, 0.6) is 0 Å². The number of ether oxygens (including phenoxy) is 13. The number of hydrogen-bond donors (Lipinski definition) is 2. The molecule has 6 saturated heterocycles. The molecule has 0 spiro atoms. The van der Waals surface area contributed by atoms with Crippen molar-refractivity contribution in [1.82, 2.24) is 9.97 Å². The van der Waals surface area contributed by atoms with Gasteiger partial charge in [-0.05, 0) is 243 Å². The number of aromatic nitrogens is 2. The zero-order valence-electron chi connectivity index (χ0n) is 64.9. The maximum atomic E-state index is 13.7. The van der Waals surface area contributed by atoms with Gasteiger partial charge in [-0.3, -0.25) is 24.4 Å². The van der Waals surface area contributed by atoms with E-state index < -0.39 is 10.9 Å². The van der Waals surface area contributed by atoms with Crippen LogP contribution in [0.4, 0.5) is 18.4 Å². The molecular formula is C85H113Cl4F2N3O19. The number of aliphatic hydroxyl groups excluding tert-OH is 1. The Morgan fingerprint density at radius 2 is 0.920 bits per heavy atom. The van der Waals surface area contributed by atoms with Gasteiger partial charge in [0, 0.05) is 97.4 Å². The first-order valence-corrected chi connectivity index (χ1v) is 42.1. The van der Waals surface area contributed by atoms with Gasteiger partial charge in [0.05, 0.1) is 61.6 Å². The van der Waals surface area contributed by atoms with E-state index in [0.29, 0.717) is 62.4 Å². The number of benzene rings is 2. The largest absolute Gasteiger partial charge is 0.463 e. The van der Waals surface area contributed by atoms with Gasteiger partial charge in [-0.15, -0.1) is 23.2 Å². The van der Waals surface area contributed by atoms with Crippen LogP contribution in [0, 0.1) is 76.7 Å². The number of nitrogens with zero attached hydrogens (tertiary/aromatic N) is 2. The molecule has 18 atom stereocenters. The van der Waals surface area contributed by atoms with Crippen LogP contribution in [0.15, 0.2) is 97.3 Å². The molecular weight excluding hydrogens is 1550 g/mol. The van der Waals surface area contributed by atoms with Crippen molar-refractivity contribution in [2.75, 3.05) is 84.6 Å². The number of pyridine rings is 2. The Bertz CT molecular complexity index is 3520. The molecule has 3 N–H and O–H groups in total. The molecule has 4 aromatic rings. The summed E-state index contributed by atoms with van der Waals surface area (Å²) in [6.45, 7) is 9.19. The Labute approximate surface area is 683 Å². The van der Waals surface area contributed by atoms with Crippen molar-refractivity contribution in [2.24, 2.45) is 70.8 Å². The van der Waals surface area contributed by atoms with Crippen molar-refractivity contribution in [1.29, 1.82) is 0 Å². The number of halogens is 6. The molecule has 2 aromatic carbocycles. The van der Waals surface area contributed by atoms with E-state index >= 15 is 0 Å². The van der Waals surface area contributed by atoms with E-state index in [1.165, 1.54) is 30.7 Å². The van der Waals surface area contributed by atoms with Crippen molar-refractivity contribution < 1.29 is 99.4 Å². The Morgan fingerprint density at radius 1 is 0.513 bits per heavy atom. The summed E-state index contributed by atoms with van der Waals surface area (Å²) in [5.41, 5.74) is 9.71. The lowest BCUT2D eigenvalue weighted by atomic mass is 9.56. The number of fused-ring (bicyclic) bond motifs is 4. The fourth-order valence-electron chi connectivity index (χ4n) is 17.4. The molecule has 28 heteroatoms. The first kappa shape index (κ1) is 91.1. The van der Waals surface area contributed by atoms with Crippen LogP contribution in [-0.4, -0.2) is 172 Å². The molecule has 10 aliphatic rings. The van der Waals surface area contributed by atoms with Crippen molar-refractivity contribution >= 4 is 87.3 Å². The summed E-state index contributed by atoms with van der Waals surface area (Å²) >= 11 is 19.4. The van der Waals surface area contributed by atoms with E-state index in [0.717, 1.165) is 182 Å². The van der Waals surface area contributed by atoms with E-state index in [4.69, 9.17) is 109 Å². The topological polar surface area (TPSA) is 277 Å². The van der Waals surface area contributed by atoms with Crippen LogP contribution in [0.25, 0.3) is 34.4 Å². The van der Waals surface area contributed by atoms with Gasteiger partial charge in [0.15, 0.2) is 25.2 Å². The number of allylic oxidation sites excluding steroid dienone is 2. The fourth-order valence-corrected chi connectivity index (χ4v) is 17.6. The predicted octanol–water partition coefficient (Wildman–Crippen LogP) is 17.2. The molecule has 113 heavy (non-hydrogen) atoms. The number of esters is 3. The third-order valence-corrected chi connectivity index (χ3v) is 22.8. The number of aliphatic hydroxyl groups is 1. The van der Waals surface area contributed by atoms with E-state index in [-0.39, 0.29) is 140 Å². The third kappa shape index (κ3) is 30.3. The summed E-state index contributed by atoms with van der Waals surface area (Å²) in [4.78, 5) is 67.5. The van der Waals surface area contributed by atoms with Crippen molar-refractivity contribution in [3.8, 4) is 22.3 Å². The molecule has 0 amide bonds. The first-order valence-electron chi connectivity index (χ1n) is 40.3. The summed E-state index contributed by atoms with van der Waals surface area (Å²) in [5.74, 6) is 1.98. The van der Waals surface area contributed by atoms with Crippen LogP contribution < -0.4 is 5.73 Å². The maximum absolute atomic E-state index is 13.7. The SMILES string of the molecule is C[C@H]1OC(=O)[C@@H]2C[C@@H]3C[C@H](CC(=O)OCCOC4CCCCO4)CC[C@H]3[C@H](/C=C/c3ccc(-c4cccc(F)c4)cn3)[C@H]12.C[C@H]1OC(=O)[C@@H]2C[C@@H]3C[C@H](N)CC[C@H]3[C@H](/C=C/c3ccc(-c4cccc(F)c4)cn3)[C@H]12.ClCCl.O=C(Cl)OCCOC1CCCCO1.O=C(Cl)OCCOC1CCCCO1.OCCOC1CCCCO1. The molecule has 0 bridgehead atoms. The molecule has 22 nitrogen and oxygen atoms in total. The number of hydrogen-bond acceptors (Lipinski definition) is 22. The normalized spacial score (nSPS) is 29.6. The Morgan fingerprint density at radius 3 is 1.30 bits per heavy atom. The predicted molar refractivity (Wildman–Crippen MR) is 424 cm³/mol. The minimum absolute atomic E-state index is 0.0143. The average molecular weight is 1660 g/mol. The van der Waals surface area contributed by atoms with Crippen LogP contribution in [0.2, 0.25) is 0 Å². The lowest BCUT2D eigenvalue weighted by molar-refractivity contribution is -0.174. The van der Waals surface area contributed by atoms with E-state index in [2.05, 4.69) is 43.7 Å². The Balaban J connectivity index is 0.000000180. The molecule has 624 valence electrons. The lowest BCUT2D eigenvalue weighted by Gasteiger charge is -2.47. The van der Waals surface area contributed by atoms with Gasteiger partial charge in [-0.25, -0.2) is 18.4 Å². The van der Waals surface area contributed by atoms with E-state index in [1.807, 2.05) is 50.2 Å². The number of carbonyl (C=O) groups excluding carboxylic acids is 5. The van der Waals surface area contributed by atoms with Gasteiger partial charge in [-0.2, -0.15) is 0 Å². The zero-order chi connectivity index (χ0) is 80.3. The van der Waals surface area contributed by atoms with Crippen LogP contribution >= 0.6 is 46.4 Å². The average Bonchev–Trinajstić information content (AvgIpc) is 1.67. The minimum atomic E-state index is -0.798. The number of alkyl halides is 2. The molecule has 0 radical (unpaired) electrons. The van der Waals surface area contributed by atoms with Gasteiger partial charge in [0.2, 0.25) is 0 Å². The molecule has 8 heterocycles. The molecule has 6 aliphatic heterocycles. The second kappa shape index (κ2) is 49.4. The minimum Gasteiger partial charge on any atom is -0.463 e. The molecule has 4 unspecified atom stereocenters. The molecule has 2 aromatic heterocycles. The van der Waals surface area contributed by atoms with Crippen LogP contribution in [0.1, 0.15) is 160 Å². The quantitative estimate of drug-likeness (QED) is 0.0229. The van der Waals surface area contributed by atoms with Gasteiger partial charge in [0.25, 0.3) is 0 Å². The molecule has 4 saturated carbocycles. The van der Waals surface area contributed by atoms with Crippen LogP contribution in [-0.2, 0) is 76.0 Å². The van der Waals surface area contributed by atoms with Crippen molar-refractivity contribution in [3.63, 3.8) is 0 Å². The van der Waals surface area contributed by atoms with E-state index in [1.54, 1.807) is 24.5 Å². The van der Waals surface area contributed by atoms with Gasteiger partial charge >= 0.3 is 28.8 Å². The highest BCUT2D eigenvalue weighted by atomic mass is 35.5. The van der Waals surface area contributed by atoms with E-state index in [9.17, 15) is 32.8 Å². The number of cyclic esters (lactones) is 2. The maximum Gasteiger partial charge on any atom is 0.403 e. The highest BCUT2D eigenvalue weighted by Crippen LogP contribution is 2.56. The second-order valence-corrected chi connectivity index (χ2v) is 31.6. The standard InChI is InChI=1S/C35H42FNO6.C26H29FN2O2.2C8H13ClO4.C7H14O3.CH2Cl2/c1-22-34-30(13-11-28-10-9-25(21-37-28)24-5-4-6-27(36)19-24)29-12-8-23(17-26(29)20-31(34)35(39)43-22)18-32(38)40-15-16-42-33-7-2-3-14-41-33;1-15-25-23(22-9-6-20(28)12-18(22)13-24(25)26(30)31-15)10-8-21-7-5-17(14-29-21)16-3-2-4-19(27)11-16;2*9-8(10)13-6-5-12-7-3-1-2-4-11-7;8-4-6-10-7-3-1-2-5-9-7;2-1-3/h4-6,9-11,13,19,21-23,26,29-31,33-34H,2-3,7-8,12,14-18,20H2,1H3;2-5,7-8,10-11,14-15,18,20,22-25H,6,9,12-13,28H2,1H3;2*7H,1-6H2;7-8H,1-6H2;1H2/b13-11+;10-8+;;;;/t22-,23-,26+,29-,30+,31-,33?,34+;15-,18+,20-,22-,23+,24-,25+;;;;/m11..../s1. The van der Waals surface area contributed by atoms with Gasteiger partial charge < -0.3 is 72.4 Å². The van der Waals surface area contributed by atoms with Crippen molar-refractivity contribution in [2.45, 2.75) is 192 Å². The molecule has 10 fully saturated rings. The zero-order valence-corrected chi connectivity index (χ0v) is 67.9. The van der Waals surface area contributed by atoms with Crippen LogP contribution in [0.3, 0.4) is 0 Å². The number of rotatable bonds is 23. The van der Waals surface area contributed by atoms with Gasteiger partial charge in [0.1, 0.15) is 43.7 Å². The highest BCUT2D eigenvalue weighted by molar-refractivity contribution is 6.61. The summed E-state index contributed by atoms with van der Waals surface area (Å²) in [5, 5.41) is 8.61. The van der Waals surface area contributed by atoms with Gasteiger partial charge in [-0.1, -0.05) is 48.6 Å². The summed E-state index contributed by atoms with van der Waals surface area (Å²) in [6, 6.07) is 21.1. The second-order valence-electron chi connectivity index (χ2n) is 30.1.